The number of para-hydroxylation sites is 2. The Balaban J connectivity index is 1.96. The van der Waals surface area contributed by atoms with Gasteiger partial charge in [-0.05, 0) is 45.0 Å². The van der Waals surface area contributed by atoms with Gasteiger partial charge in [-0.15, -0.1) is 0 Å². The van der Waals surface area contributed by atoms with Gasteiger partial charge in [0.1, 0.15) is 5.75 Å². The molecule has 0 heterocycles. The van der Waals surface area contributed by atoms with Crippen LogP contribution in [-0.4, -0.2) is 44.7 Å². The first-order valence-corrected chi connectivity index (χ1v) is 6.98. The van der Waals surface area contributed by atoms with E-state index in [2.05, 4.69) is 29.3 Å². The van der Waals surface area contributed by atoms with Crippen LogP contribution in [0.5, 0.6) is 5.75 Å². The molecule has 110 valence electrons. The summed E-state index contributed by atoms with van der Waals surface area (Å²) in [6, 6.07) is 8.15. The van der Waals surface area contributed by atoms with Crippen LogP contribution in [-0.2, 0) is 0 Å². The number of hydrogen-bond acceptors (Lipinski definition) is 3. The molecule has 0 aliphatic heterocycles. The average Bonchev–Trinajstić information content (AvgIpc) is 3.24. The van der Waals surface area contributed by atoms with Gasteiger partial charge in [0.05, 0.1) is 19.3 Å². The van der Waals surface area contributed by atoms with Crippen molar-refractivity contribution in [1.82, 2.24) is 4.90 Å². The fourth-order valence-corrected chi connectivity index (χ4v) is 2.33. The minimum absolute atomic E-state index is 0.432. The lowest BCUT2D eigenvalue weighted by Gasteiger charge is -2.22. The van der Waals surface area contributed by atoms with Crippen LogP contribution in [0, 0.1) is 5.92 Å². The Bertz CT molecular complexity index is 467. The normalized spacial score (nSPS) is 17.1. The maximum absolute atomic E-state index is 5.96. The molecule has 5 nitrogen and oxygen atoms in total. The summed E-state index contributed by atoms with van der Waals surface area (Å²) >= 11 is 0. The molecular formula is C15H24N4O. The van der Waals surface area contributed by atoms with Crippen molar-refractivity contribution in [3.63, 3.8) is 0 Å². The Kier molecular flexibility index (Phi) is 4.84. The van der Waals surface area contributed by atoms with E-state index in [1.165, 1.54) is 12.8 Å². The number of ether oxygens (including phenoxy) is 1. The number of likely N-dealkylation sites (N-methyl/N-ethyl adjacent to an activating group) is 1. The minimum atomic E-state index is 0.432. The van der Waals surface area contributed by atoms with Crippen molar-refractivity contribution in [2.24, 2.45) is 16.6 Å². The van der Waals surface area contributed by atoms with E-state index in [1.54, 1.807) is 7.11 Å². The van der Waals surface area contributed by atoms with Gasteiger partial charge in [0.15, 0.2) is 5.96 Å². The zero-order valence-corrected chi connectivity index (χ0v) is 12.5. The molecule has 1 unspecified atom stereocenters. The summed E-state index contributed by atoms with van der Waals surface area (Å²) in [5.41, 5.74) is 6.80. The fraction of sp³-hybridized carbons (Fsp3) is 0.533. The molecule has 0 radical (unpaired) electrons. The molecule has 1 aliphatic carbocycles. The lowest BCUT2D eigenvalue weighted by molar-refractivity contribution is 0.271. The highest BCUT2D eigenvalue weighted by Crippen LogP contribution is 2.34. The largest absolute Gasteiger partial charge is 0.495 e. The lowest BCUT2D eigenvalue weighted by atomic mass is 10.2. The second-order valence-electron chi connectivity index (χ2n) is 5.42. The quantitative estimate of drug-likeness (QED) is 0.614. The zero-order valence-electron chi connectivity index (χ0n) is 12.5. The Morgan fingerprint density at radius 3 is 2.75 bits per heavy atom. The molecule has 1 fully saturated rings. The Morgan fingerprint density at radius 2 is 2.15 bits per heavy atom. The molecule has 5 heteroatoms. The molecule has 20 heavy (non-hydrogen) atoms. The standard InChI is InChI=1S/C15H24N4O/c1-19(2)13(11-8-9-11)10-17-15(16)18-12-6-4-5-7-14(12)20-3/h4-7,11,13H,8-10H2,1-3H3,(H3,16,17,18). The number of hydrogen-bond donors (Lipinski definition) is 2. The second kappa shape index (κ2) is 6.61. The molecule has 0 spiro atoms. The van der Waals surface area contributed by atoms with Crippen LogP contribution in [0.15, 0.2) is 29.3 Å². The summed E-state index contributed by atoms with van der Waals surface area (Å²) in [5.74, 6) is 1.96. The monoisotopic (exact) mass is 276 g/mol. The molecule has 1 aromatic carbocycles. The summed E-state index contributed by atoms with van der Waals surface area (Å²) in [6.07, 6.45) is 2.61. The number of aliphatic imine (C=N–C) groups is 1. The van der Waals surface area contributed by atoms with Crippen molar-refractivity contribution in [3.05, 3.63) is 24.3 Å². The van der Waals surface area contributed by atoms with Crippen molar-refractivity contribution in [2.45, 2.75) is 18.9 Å². The Morgan fingerprint density at radius 1 is 1.45 bits per heavy atom. The van der Waals surface area contributed by atoms with Crippen molar-refractivity contribution >= 4 is 11.6 Å². The van der Waals surface area contributed by atoms with Crippen molar-refractivity contribution in [3.8, 4) is 5.75 Å². The van der Waals surface area contributed by atoms with Gasteiger partial charge < -0.3 is 20.7 Å². The predicted molar refractivity (Wildman–Crippen MR) is 83.3 cm³/mol. The van der Waals surface area contributed by atoms with Crippen LogP contribution in [0.2, 0.25) is 0 Å². The fourth-order valence-electron chi connectivity index (χ4n) is 2.33. The van der Waals surface area contributed by atoms with E-state index in [0.29, 0.717) is 12.0 Å². The van der Waals surface area contributed by atoms with E-state index in [9.17, 15) is 0 Å². The highest BCUT2D eigenvalue weighted by atomic mass is 16.5. The summed E-state index contributed by atoms with van der Waals surface area (Å²) < 4.78 is 5.28. The first-order chi connectivity index (χ1) is 9.61. The molecule has 3 N–H and O–H groups in total. The Hall–Kier alpha value is -1.75. The number of nitrogens with two attached hydrogens (primary N) is 1. The number of nitrogens with zero attached hydrogens (tertiary/aromatic N) is 2. The average molecular weight is 276 g/mol. The first kappa shape index (κ1) is 14.7. The van der Waals surface area contributed by atoms with Gasteiger partial charge in [-0.2, -0.15) is 0 Å². The summed E-state index contributed by atoms with van der Waals surface area (Å²) in [4.78, 5) is 6.70. The highest BCUT2D eigenvalue weighted by molar-refractivity contribution is 5.93. The number of anilines is 1. The van der Waals surface area contributed by atoms with E-state index in [4.69, 9.17) is 10.5 Å². The van der Waals surface area contributed by atoms with Gasteiger partial charge in [0.2, 0.25) is 0 Å². The van der Waals surface area contributed by atoms with Crippen LogP contribution in [0.3, 0.4) is 0 Å². The van der Waals surface area contributed by atoms with Crippen LogP contribution in [0.1, 0.15) is 12.8 Å². The molecular weight excluding hydrogens is 252 g/mol. The van der Waals surface area contributed by atoms with Gasteiger partial charge in [0.25, 0.3) is 0 Å². The van der Waals surface area contributed by atoms with Crippen molar-refractivity contribution < 1.29 is 4.74 Å². The topological polar surface area (TPSA) is 62.9 Å². The van der Waals surface area contributed by atoms with E-state index in [-0.39, 0.29) is 0 Å². The molecule has 2 rings (SSSR count). The second-order valence-corrected chi connectivity index (χ2v) is 5.42. The number of benzene rings is 1. The smallest absolute Gasteiger partial charge is 0.193 e. The maximum atomic E-state index is 5.96. The SMILES string of the molecule is COc1ccccc1NC(N)=NCC(C1CC1)N(C)C. The first-order valence-electron chi connectivity index (χ1n) is 6.98. The van der Waals surface area contributed by atoms with E-state index >= 15 is 0 Å². The van der Waals surface area contributed by atoms with E-state index in [1.807, 2.05) is 24.3 Å². The zero-order chi connectivity index (χ0) is 14.5. The molecule has 0 saturated heterocycles. The molecule has 0 bridgehead atoms. The molecule has 1 aromatic rings. The summed E-state index contributed by atoms with van der Waals surface area (Å²) in [7, 11) is 5.84. The third-order valence-corrected chi connectivity index (χ3v) is 3.65. The Labute approximate surface area is 120 Å². The van der Waals surface area contributed by atoms with Gasteiger partial charge in [-0.3, -0.25) is 4.99 Å². The lowest BCUT2D eigenvalue weighted by Crippen LogP contribution is -2.34. The number of methoxy groups -OCH3 is 1. The number of guanidine groups is 1. The van der Waals surface area contributed by atoms with Gasteiger partial charge in [0, 0.05) is 6.04 Å². The van der Waals surface area contributed by atoms with Gasteiger partial charge in [-0.25, -0.2) is 0 Å². The van der Waals surface area contributed by atoms with Crippen molar-refractivity contribution in [2.75, 3.05) is 33.1 Å². The molecule has 1 atom stereocenters. The van der Waals surface area contributed by atoms with Crippen molar-refractivity contribution in [1.29, 1.82) is 0 Å². The van der Waals surface area contributed by atoms with Crippen LogP contribution in [0.25, 0.3) is 0 Å². The minimum Gasteiger partial charge on any atom is -0.495 e. The molecule has 0 aromatic heterocycles. The third kappa shape index (κ3) is 3.87. The number of nitrogens with one attached hydrogen (secondary N) is 1. The molecule has 0 amide bonds. The van der Waals surface area contributed by atoms with E-state index in [0.717, 1.165) is 23.9 Å². The highest BCUT2D eigenvalue weighted by Gasteiger charge is 2.32. The maximum Gasteiger partial charge on any atom is 0.193 e. The summed E-state index contributed by atoms with van der Waals surface area (Å²) in [5, 5.41) is 3.10. The van der Waals surface area contributed by atoms with Gasteiger partial charge in [-0.1, -0.05) is 12.1 Å². The molecule has 1 saturated carbocycles. The molecule has 1 aliphatic rings. The van der Waals surface area contributed by atoms with Crippen LogP contribution in [0.4, 0.5) is 5.69 Å². The van der Waals surface area contributed by atoms with Crippen LogP contribution < -0.4 is 15.8 Å². The number of rotatable bonds is 6. The van der Waals surface area contributed by atoms with Crippen LogP contribution >= 0.6 is 0 Å². The van der Waals surface area contributed by atoms with Gasteiger partial charge >= 0.3 is 0 Å². The predicted octanol–water partition coefficient (Wildman–Crippen LogP) is 1.76. The summed E-state index contributed by atoms with van der Waals surface area (Å²) in [6.45, 7) is 0.728. The third-order valence-electron chi connectivity index (χ3n) is 3.65. The van der Waals surface area contributed by atoms with E-state index < -0.39 is 0 Å².